The number of thioether (sulfide) groups is 1. The third-order valence-corrected chi connectivity index (χ3v) is 5.60. The molecule has 5 nitrogen and oxygen atoms in total. The van der Waals surface area contributed by atoms with E-state index in [4.69, 9.17) is 0 Å². The fraction of sp³-hybridized carbons (Fsp3) is 0.421. The molecule has 1 saturated carbocycles. The zero-order chi connectivity index (χ0) is 18.5. The summed E-state index contributed by atoms with van der Waals surface area (Å²) < 4.78 is 15.9. The minimum Gasteiger partial charge on any atom is -0.310 e. The monoisotopic (exact) mass is 375 g/mol. The normalized spacial score (nSPS) is 15.0. The first-order valence-corrected chi connectivity index (χ1v) is 9.80. The summed E-state index contributed by atoms with van der Waals surface area (Å²) in [5, 5.41) is 7.23. The average Bonchev–Trinajstić information content (AvgIpc) is 3.09. The van der Waals surface area contributed by atoms with Crippen LogP contribution in [-0.2, 0) is 4.79 Å². The van der Waals surface area contributed by atoms with Crippen molar-refractivity contribution in [2.45, 2.75) is 50.0 Å². The summed E-state index contributed by atoms with van der Waals surface area (Å²) in [4.78, 5) is 23.9. The molecule has 1 heterocycles. The Morgan fingerprint density at radius 2 is 2.04 bits per heavy atom. The molecule has 26 heavy (non-hydrogen) atoms. The van der Waals surface area contributed by atoms with Crippen molar-refractivity contribution in [3.8, 4) is 0 Å². The van der Waals surface area contributed by atoms with Crippen LogP contribution in [0.4, 0.5) is 10.2 Å². The van der Waals surface area contributed by atoms with Gasteiger partial charge in [0.1, 0.15) is 11.6 Å². The zero-order valence-corrected chi connectivity index (χ0v) is 15.5. The van der Waals surface area contributed by atoms with E-state index < -0.39 is 5.82 Å². The number of carbonyl (C=O) groups excluding carboxylic acids is 2. The van der Waals surface area contributed by atoms with Gasteiger partial charge in [-0.05, 0) is 31.9 Å². The van der Waals surface area contributed by atoms with E-state index in [1.54, 1.807) is 18.3 Å². The summed E-state index contributed by atoms with van der Waals surface area (Å²) in [6.45, 7) is 1.39. The summed E-state index contributed by atoms with van der Waals surface area (Å²) >= 11 is 1.11. The lowest BCUT2D eigenvalue weighted by atomic mass is 9.96. The van der Waals surface area contributed by atoms with Crippen LogP contribution in [0.15, 0.2) is 35.4 Å². The first-order chi connectivity index (χ1) is 12.5. The Kier molecular flexibility index (Phi) is 6.08. The molecule has 1 amide bonds. The number of rotatable bonds is 6. The maximum atomic E-state index is 14.0. The lowest BCUT2D eigenvalue weighted by molar-refractivity contribution is -0.113. The summed E-state index contributed by atoms with van der Waals surface area (Å²) in [5.41, 5.74) is 0.327. The highest BCUT2D eigenvalue weighted by molar-refractivity contribution is 8.00. The fourth-order valence-corrected chi connectivity index (χ4v) is 3.91. The molecule has 0 atom stereocenters. The highest BCUT2D eigenvalue weighted by Gasteiger charge is 2.19. The van der Waals surface area contributed by atoms with Gasteiger partial charge in [-0.25, -0.2) is 9.07 Å². The van der Waals surface area contributed by atoms with E-state index in [-0.39, 0.29) is 17.4 Å². The average molecular weight is 375 g/mol. The number of carbonyl (C=O) groups is 2. The minimum absolute atomic E-state index is 0.0895. The molecule has 3 rings (SSSR count). The van der Waals surface area contributed by atoms with Crippen LogP contribution in [0.1, 0.15) is 55.4 Å². The number of nitrogens with zero attached hydrogens (tertiary/aromatic N) is 2. The molecule has 1 aliphatic carbocycles. The van der Waals surface area contributed by atoms with Gasteiger partial charge in [0, 0.05) is 16.5 Å². The van der Waals surface area contributed by atoms with Crippen molar-refractivity contribution < 1.29 is 14.0 Å². The number of nitrogens with one attached hydrogen (secondary N) is 1. The maximum absolute atomic E-state index is 14.0. The molecule has 1 fully saturated rings. The van der Waals surface area contributed by atoms with Crippen molar-refractivity contribution in [2.75, 3.05) is 11.1 Å². The number of Topliss-reactive ketones (excluding diaryl/α,β-unsaturated/α-hetero) is 1. The van der Waals surface area contributed by atoms with E-state index in [0.29, 0.717) is 22.3 Å². The molecular formula is C19H22FN3O2S. The molecule has 7 heteroatoms. The van der Waals surface area contributed by atoms with Gasteiger partial charge in [-0.1, -0.05) is 25.3 Å². The van der Waals surface area contributed by atoms with Crippen molar-refractivity contribution in [3.05, 3.63) is 41.8 Å². The number of halogens is 1. The van der Waals surface area contributed by atoms with Crippen LogP contribution >= 0.6 is 11.8 Å². The number of ketones is 1. The quantitative estimate of drug-likeness (QED) is 0.598. The van der Waals surface area contributed by atoms with Gasteiger partial charge >= 0.3 is 0 Å². The maximum Gasteiger partial charge on any atom is 0.235 e. The third kappa shape index (κ3) is 4.52. The number of aromatic nitrogens is 2. The van der Waals surface area contributed by atoms with Crippen molar-refractivity contribution in [1.82, 2.24) is 9.78 Å². The van der Waals surface area contributed by atoms with Gasteiger partial charge in [0.25, 0.3) is 0 Å². The molecule has 0 unspecified atom stereocenters. The molecule has 1 aromatic heterocycles. The Morgan fingerprint density at radius 3 is 2.73 bits per heavy atom. The summed E-state index contributed by atoms with van der Waals surface area (Å²) in [6.07, 6.45) is 7.47. The number of hydrogen-bond acceptors (Lipinski definition) is 4. The van der Waals surface area contributed by atoms with Crippen molar-refractivity contribution in [1.29, 1.82) is 0 Å². The number of hydrogen-bond donors (Lipinski definition) is 1. The molecule has 0 saturated heterocycles. The highest BCUT2D eigenvalue weighted by Crippen LogP contribution is 2.30. The van der Waals surface area contributed by atoms with Crippen molar-refractivity contribution in [2.24, 2.45) is 0 Å². The van der Waals surface area contributed by atoms with E-state index in [0.717, 1.165) is 24.6 Å². The van der Waals surface area contributed by atoms with E-state index in [9.17, 15) is 14.0 Å². The topological polar surface area (TPSA) is 64.0 Å². The van der Waals surface area contributed by atoms with Crippen LogP contribution in [0.3, 0.4) is 0 Å². The largest absolute Gasteiger partial charge is 0.310 e. The van der Waals surface area contributed by atoms with Crippen molar-refractivity contribution in [3.63, 3.8) is 0 Å². The van der Waals surface area contributed by atoms with E-state index in [1.165, 1.54) is 38.3 Å². The van der Waals surface area contributed by atoms with Crippen LogP contribution < -0.4 is 5.32 Å². The number of amides is 1. The van der Waals surface area contributed by atoms with Gasteiger partial charge in [-0.3, -0.25) is 9.59 Å². The highest BCUT2D eigenvalue weighted by atomic mass is 32.2. The molecule has 138 valence electrons. The van der Waals surface area contributed by atoms with Gasteiger partial charge < -0.3 is 5.32 Å². The van der Waals surface area contributed by atoms with E-state index >= 15 is 0 Å². The van der Waals surface area contributed by atoms with Crippen LogP contribution in [-0.4, -0.2) is 27.2 Å². The third-order valence-electron chi connectivity index (χ3n) is 4.56. The molecule has 0 radical (unpaired) electrons. The van der Waals surface area contributed by atoms with Crippen LogP contribution in [0.5, 0.6) is 0 Å². The Morgan fingerprint density at radius 1 is 1.27 bits per heavy atom. The standard InChI is InChI=1S/C19H22FN3O2S/c1-13(24)14-7-8-17(16(20)11-14)26-12-19(25)22-18-9-10-21-23(18)15-5-3-2-4-6-15/h7-11,15H,2-6,12H2,1H3,(H,22,25). The SMILES string of the molecule is CC(=O)c1ccc(SCC(=O)Nc2ccnn2C2CCCCC2)c(F)c1. The first kappa shape index (κ1) is 18.6. The predicted octanol–water partition coefficient (Wildman–Crippen LogP) is 4.46. The summed E-state index contributed by atoms with van der Waals surface area (Å²) in [5.74, 6) is -0.0963. The van der Waals surface area contributed by atoms with Gasteiger partial charge in [0.05, 0.1) is 18.0 Å². The number of anilines is 1. The molecule has 0 aliphatic heterocycles. The van der Waals surface area contributed by atoms with Gasteiger partial charge in [0.2, 0.25) is 5.91 Å². The molecule has 2 aromatic rings. The second kappa shape index (κ2) is 8.49. The molecule has 1 aliphatic rings. The van der Waals surface area contributed by atoms with Crippen LogP contribution in [0.2, 0.25) is 0 Å². The summed E-state index contributed by atoms with van der Waals surface area (Å²) in [6, 6.07) is 6.44. The van der Waals surface area contributed by atoms with Gasteiger partial charge in [-0.2, -0.15) is 5.10 Å². The Bertz CT molecular complexity index is 800. The van der Waals surface area contributed by atoms with Gasteiger partial charge in [-0.15, -0.1) is 11.8 Å². The second-order valence-corrected chi connectivity index (χ2v) is 7.51. The van der Waals surface area contributed by atoms with E-state index in [2.05, 4.69) is 10.4 Å². The number of benzene rings is 1. The smallest absolute Gasteiger partial charge is 0.235 e. The van der Waals surface area contributed by atoms with Gasteiger partial charge in [0.15, 0.2) is 5.78 Å². The molecular weight excluding hydrogens is 353 g/mol. The molecule has 0 bridgehead atoms. The molecule has 0 spiro atoms. The van der Waals surface area contributed by atoms with Crippen molar-refractivity contribution >= 4 is 29.3 Å². The Balaban J connectivity index is 1.58. The Hall–Kier alpha value is -2.15. The molecule has 1 N–H and O–H groups in total. The Labute approximate surface area is 156 Å². The zero-order valence-electron chi connectivity index (χ0n) is 14.7. The first-order valence-electron chi connectivity index (χ1n) is 8.81. The van der Waals surface area contributed by atoms with Crippen LogP contribution in [0.25, 0.3) is 0 Å². The van der Waals surface area contributed by atoms with E-state index in [1.807, 2.05) is 4.68 Å². The predicted molar refractivity (Wildman–Crippen MR) is 100 cm³/mol. The summed E-state index contributed by atoms with van der Waals surface area (Å²) in [7, 11) is 0. The second-order valence-electron chi connectivity index (χ2n) is 6.49. The fourth-order valence-electron chi connectivity index (χ4n) is 3.19. The lowest BCUT2D eigenvalue weighted by Crippen LogP contribution is -2.21. The lowest BCUT2D eigenvalue weighted by Gasteiger charge is -2.23. The van der Waals surface area contributed by atoms with Crippen LogP contribution in [0, 0.1) is 5.82 Å². The minimum atomic E-state index is -0.484. The molecule has 1 aromatic carbocycles.